The number of carbonyl (C=O) groups is 1. The van der Waals surface area contributed by atoms with Crippen molar-refractivity contribution in [1.29, 1.82) is 0 Å². The van der Waals surface area contributed by atoms with E-state index in [0.717, 1.165) is 46.1 Å². The number of nitrogens with zero attached hydrogens (tertiary/aromatic N) is 3. The minimum absolute atomic E-state index is 0.0639. The van der Waals surface area contributed by atoms with Crippen LogP contribution in [0.3, 0.4) is 0 Å². The van der Waals surface area contributed by atoms with Crippen LogP contribution in [-0.4, -0.2) is 27.3 Å². The third-order valence-corrected chi connectivity index (χ3v) is 5.88. The van der Waals surface area contributed by atoms with E-state index < -0.39 is 0 Å². The average Bonchev–Trinajstić information content (AvgIpc) is 3.28. The van der Waals surface area contributed by atoms with Crippen LogP contribution in [0.25, 0.3) is 21.9 Å². The number of likely N-dealkylation sites (tertiary alicyclic amines) is 1. The van der Waals surface area contributed by atoms with Gasteiger partial charge in [-0.05, 0) is 66.6 Å². The number of fused-ring (bicyclic) bond motifs is 1. The molecule has 2 aromatic heterocycles. The van der Waals surface area contributed by atoms with Gasteiger partial charge in [0.25, 0.3) is 5.91 Å². The third-order valence-electron chi connectivity index (χ3n) is 5.88. The quantitative estimate of drug-likeness (QED) is 0.433. The van der Waals surface area contributed by atoms with Gasteiger partial charge in [0, 0.05) is 23.8 Å². The molecule has 0 bridgehead atoms. The smallest absolute Gasteiger partial charge is 0.273 e. The van der Waals surface area contributed by atoms with Crippen molar-refractivity contribution in [1.82, 2.24) is 14.9 Å². The molecule has 4 aromatic rings. The van der Waals surface area contributed by atoms with Gasteiger partial charge in [0.2, 0.25) is 0 Å². The second-order valence-corrected chi connectivity index (χ2v) is 7.97. The summed E-state index contributed by atoms with van der Waals surface area (Å²) in [5, 5.41) is 1.87. The number of aryl methyl sites for hydroxylation is 1. The number of carbonyl (C=O) groups excluding carboxylic acids is 1. The maximum Gasteiger partial charge on any atom is 0.273 e. The van der Waals surface area contributed by atoms with Crippen LogP contribution in [0, 0.1) is 12.7 Å². The molecular weight excluding hydrogens is 389 g/mol. The molecule has 154 valence electrons. The van der Waals surface area contributed by atoms with Crippen molar-refractivity contribution < 1.29 is 9.18 Å². The maximum absolute atomic E-state index is 13.5. The van der Waals surface area contributed by atoms with Crippen molar-refractivity contribution in [2.24, 2.45) is 0 Å². The molecule has 31 heavy (non-hydrogen) atoms. The molecule has 5 heteroatoms. The van der Waals surface area contributed by atoms with E-state index in [1.165, 1.54) is 12.1 Å². The van der Waals surface area contributed by atoms with Crippen LogP contribution in [0.15, 0.2) is 72.9 Å². The van der Waals surface area contributed by atoms with Crippen molar-refractivity contribution in [2.45, 2.75) is 25.8 Å². The number of aromatic nitrogens is 2. The number of benzene rings is 2. The average molecular weight is 411 g/mol. The summed E-state index contributed by atoms with van der Waals surface area (Å²) < 4.78 is 13.4. The van der Waals surface area contributed by atoms with E-state index in [4.69, 9.17) is 4.98 Å². The molecular formula is C26H22FN3O. The second kappa shape index (κ2) is 7.91. The lowest BCUT2D eigenvalue weighted by molar-refractivity contribution is 0.0729. The van der Waals surface area contributed by atoms with E-state index in [2.05, 4.69) is 4.98 Å². The highest BCUT2D eigenvalue weighted by Crippen LogP contribution is 2.35. The van der Waals surface area contributed by atoms with Gasteiger partial charge in [0.05, 0.1) is 11.7 Å². The van der Waals surface area contributed by atoms with Crippen LogP contribution in [0.5, 0.6) is 0 Å². The number of rotatable bonds is 3. The van der Waals surface area contributed by atoms with E-state index in [9.17, 15) is 9.18 Å². The Morgan fingerprint density at radius 2 is 1.84 bits per heavy atom. The molecule has 2 aromatic carbocycles. The molecule has 1 atom stereocenters. The number of hydrogen-bond acceptors (Lipinski definition) is 3. The highest BCUT2D eigenvalue weighted by atomic mass is 19.1. The lowest BCUT2D eigenvalue weighted by Crippen LogP contribution is -2.31. The van der Waals surface area contributed by atoms with Crippen molar-refractivity contribution in [2.75, 3.05) is 6.54 Å². The Hall–Kier alpha value is -3.60. The molecule has 1 aliphatic heterocycles. The Morgan fingerprint density at radius 3 is 2.68 bits per heavy atom. The molecule has 1 aliphatic rings. The molecule has 1 amide bonds. The van der Waals surface area contributed by atoms with E-state index in [-0.39, 0.29) is 17.8 Å². The molecule has 4 nitrogen and oxygen atoms in total. The zero-order valence-electron chi connectivity index (χ0n) is 17.3. The highest BCUT2D eigenvalue weighted by molar-refractivity contribution is 6.05. The van der Waals surface area contributed by atoms with Gasteiger partial charge in [-0.3, -0.25) is 14.8 Å². The Bertz CT molecular complexity index is 1260. The highest BCUT2D eigenvalue weighted by Gasteiger charge is 2.33. The summed E-state index contributed by atoms with van der Waals surface area (Å²) in [4.78, 5) is 24.6. The second-order valence-electron chi connectivity index (χ2n) is 7.97. The van der Waals surface area contributed by atoms with Crippen LogP contribution in [0.1, 0.15) is 40.8 Å². The summed E-state index contributed by atoms with van der Waals surface area (Å²) >= 11 is 0. The standard InChI is InChI=1S/C26H22FN3O/c1-17-15-20(18-8-10-21(27)11-9-18)16-23(29-17)24-7-4-14-30(24)26(31)25-22-6-3-2-5-19(22)12-13-28-25/h2-3,5-6,8-13,15-16,24H,4,7,14H2,1H3/t24-/m0/s1. The first kappa shape index (κ1) is 19.4. The topological polar surface area (TPSA) is 46.1 Å². The van der Waals surface area contributed by atoms with Crippen molar-refractivity contribution in [3.05, 3.63) is 95.8 Å². The molecule has 0 aliphatic carbocycles. The Labute approximate surface area is 180 Å². The normalized spacial score (nSPS) is 16.1. The van der Waals surface area contributed by atoms with Gasteiger partial charge in [0.1, 0.15) is 11.5 Å². The van der Waals surface area contributed by atoms with Crippen LogP contribution in [-0.2, 0) is 0 Å². The fraction of sp³-hybridized carbons (Fsp3) is 0.192. The minimum Gasteiger partial charge on any atom is -0.329 e. The van der Waals surface area contributed by atoms with Crippen molar-refractivity contribution >= 4 is 16.7 Å². The van der Waals surface area contributed by atoms with Crippen LogP contribution >= 0.6 is 0 Å². The predicted molar refractivity (Wildman–Crippen MR) is 119 cm³/mol. The number of halogens is 1. The number of pyridine rings is 2. The van der Waals surface area contributed by atoms with Crippen LogP contribution in [0.4, 0.5) is 4.39 Å². The van der Waals surface area contributed by atoms with Crippen LogP contribution in [0.2, 0.25) is 0 Å². The van der Waals surface area contributed by atoms with Gasteiger partial charge in [-0.25, -0.2) is 4.39 Å². The van der Waals surface area contributed by atoms with Crippen molar-refractivity contribution in [3.63, 3.8) is 0 Å². The van der Waals surface area contributed by atoms with E-state index in [1.807, 2.05) is 54.3 Å². The van der Waals surface area contributed by atoms with Gasteiger partial charge in [-0.15, -0.1) is 0 Å². The van der Waals surface area contributed by atoms with Gasteiger partial charge in [-0.2, -0.15) is 0 Å². The third kappa shape index (κ3) is 3.67. The molecule has 1 saturated heterocycles. The predicted octanol–water partition coefficient (Wildman–Crippen LogP) is 5.72. The summed E-state index contributed by atoms with van der Waals surface area (Å²) in [5.41, 5.74) is 4.13. The van der Waals surface area contributed by atoms with Gasteiger partial charge in [-0.1, -0.05) is 36.4 Å². The summed E-state index contributed by atoms with van der Waals surface area (Å²) in [6, 6.07) is 20.1. The fourth-order valence-electron chi connectivity index (χ4n) is 4.42. The number of amides is 1. The number of hydrogen-bond donors (Lipinski definition) is 0. The van der Waals surface area contributed by atoms with E-state index >= 15 is 0 Å². The fourth-order valence-corrected chi connectivity index (χ4v) is 4.42. The first-order chi connectivity index (χ1) is 15.1. The van der Waals surface area contributed by atoms with E-state index in [1.54, 1.807) is 18.3 Å². The summed E-state index contributed by atoms with van der Waals surface area (Å²) in [5.74, 6) is -0.323. The molecule has 0 unspecified atom stereocenters. The largest absolute Gasteiger partial charge is 0.329 e. The summed E-state index contributed by atoms with van der Waals surface area (Å²) in [6.45, 7) is 2.62. The molecule has 3 heterocycles. The van der Waals surface area contributed by atoms with Gasteiger partial charge < -0.3 is 4.90 Å². The summed E-state index contributed by atoms with van der Waals surface area (Å²) in [6.07, 6.45) is 3.47. The SMILES string of the molecule is Cc1cc(-c2ccc(F)cc2)cc([C@@H]2CCCN2C(=O)c2nccc3ccccc23)n1. The van der Waals surface area contributed by atoms with Crippen molar-refractivity contribution in [3.8, 4) is 11.1 Å². The monoisotopic (exact) mass is 411 g/mol. The zero-order valence-corrected chi connectivity index (χ0v) is 17.3. The van der Waals surface area contributed by atoms with E-state index in [0.29, 0.717) is 12.2 Å². The maximum atomic E-state index is 13.5. The lowest BCUT2D eigenvalue weighted by Gasteiger charge is -2.25. The molecule has 0 radical (unpaired) electrons. The molecule has 1 fully saturated rings. The Kier molecular flexibility index (Phi) is 4.94. The first-order valence-corrected chi connectivity index (χ1v) is 10.5. The molecule has 0 N–H and O–H groups in total. The lowest BCUT2D eigenvalue weighted by atomic mass is 10.0. The molecule has 0 saturated carbocycles. The zero-order chi connectivity index (χ0) is 21.4. The Balaban J connectivity index is 1.52. The minimum atomic E-state index is -0.259. The Morgan fingerprint density at radius 1 is 1.03 bits per heavy atom. The first-order valence-electron chi connectivity index (χ1n) is 10.5. The van der Waals surface area contributed by atoms with Gasteiger partial charge >= 0.3 is 0 Å². The molecule has 0 spiro atoms. The molecule has 5 rings (SSSR count). The summed E-state index contributed by atoms with van der Waals surface area (Å²) in [7, 11) is 0. The van der Waals surface area contributed by atoms with Crippen LogP contribution < -0.4 is 0 Å². The van der Waals surface area contributed by atoms with Gasteiger partial charge in [0.15, 0.2) is 0 Å².